The van der Waals surface area contributed by atoms with Gasteiger partial charge in [-0.15, -0.1) is 11.8 Å². The molecule has 22 heavy (non-hydrogen) atoms. The van der Waals surface area contributed by atoms with Gasteiger partial charge in [-0.1, -0.05) is 29.8 Å². The number of carbonyl (C=O) groups excluding carboxylic acids is 1. The quantitative estimate of drug-likeness (QED) is 0.496. The van der Waals surface area contributed by atoms with Crippen molar-refractivity contribution in [3.63, 3.8) is 0 Å². The molecule has 1 N–H and O–H groups in total. The lowest BCUT2D eigenvalue weighted by Gasteiger charge is -2.06. The third kappa shape index (κ3) is 4.60. The summed E-state index contributed by atoms with van der Waals surface area (Å²) in [5, 5.41) is 13.5. The maximum Gasteiger partial charge on any atom is 0.292 e. The molecule has 5 nitrogen and oxygen atoms in total. The van der Waals surface area contributed by atoms with Crippen LogP contribution in [0.4, 0.5) is 11.4 Å². The smallest absolute Gasteiger partial charge is 0.292 e. The van der Waals surface area contributed by atoms with Crippen LogP contribution in [0.5, 0.6) is 0 Å². The maximum absolute atomic E-state index is 11.9. The predicted octanol–water partition coefficient (Wildman–Crippen LogP) is 4.02. The maximum atomic E-state index is 11.9. The standard InChI is InChI=1S/C16H16N2O3S/c1-12-6-8-13(9-7-12)22-11-10-16(19)17-14-4-2-3-5-15(14)18(20)21/h2-9H,10-11H2,1H3,(H,17,19). The third-order valence-electron chi connectivity index (χ3n) is 2.99. The van der Waals surface area contributed by atoms with Crippen LogP contribution in [0.3, 0.4) is 0 Å². The van der Waals surface area contributed by atoms with Crippen molar-refractivity contribution >= 4 is 29.0 Å². The first-order valence-corrected chi connectivity index (χ1v) is 7.77. The molecule has 2 aromatic carbocycles. The number of nitro groups is 1. The van der Waals surface area contributed by atoms with Crippen molar-refractivity contribution in [3.05, 3.63) is 64.2 Å². The zero-order valence-electron chi connectivity index (χ0n) is 12.1. The van der Waals surface area contributed by atoms with Gasteiger partial charge in [0.1, 0.15) is 5.69 Å². The first kappa shape index (κ1) is 16.0. The Morgan fingerprint density at radius 2 is 1.86 bits per heavy atom. The molecule has 0 heterocycles. The highest BCUT2D eigenvalue weighted by molar-refractivity contribution is 7.99. The van der Waals surface area contributed by atoms with E-state index in [-0.39, 0.29) is 17.3 Å². The lowest BCUT2D eigenvalue weighted by molar-refractivity contribution is -0.383. The molecule has 0 aliphatic rings. The Labute approximate surface area is 132 Å². The summed E-state index contributed by atoms with van der Waals surface area (Å²) in [4.78, 5) is 23.4. The van der Waals surface area contributed by atoms with Crippen molar-refractivity contribution in [2.75, 3.05) is 11.1 Å². The van der Waals surface area contributed by atoms with E-state index in [0.717, 1.165) is 4.90 Å². The molecule has 2 aromatic rings. The fraction of sp³-hybridized carbons (Fsp3) is 0.188. The number of aryl methyl sites for hydroxylation is 1. The Bertz CT molecular complexity index is 671. The molecule has 0 aromatic heterocycles. The van der Waals surface area contributed by atoms with Gasteiger partial charge in [-0.3, -0.25) is 14.9 Å². The highest BCUT2D eigenvalue weighted by Crippen LogP contribution is 2.24. The molecule has 0 saturated carbocycles. The predicted molar refractivity (Wildman–Crippen MR) is 88.2 cm³/mol. The van der Waals surface area contributed by atoms with Gasteiger partial charge in [0.05, 0.1) is 4.92 Å². The van der Waals surface area contributed by atoms with Crippen LogP contribution in [0.2, 0.25) is 0 Å². The van der Waals surface area contributed by atoms with Gasteiger partial charge in [-0.25, -0.2) is 0 Å². The molecule has 0 bridgehead atoms. The van der Waals surface area contributed by atoms with E-state index in [1.165, 1.54) is 17.7 Å². The number of hydrogen-bond donors (Lipinski definition) is 1. The zero-order valence-corrected chi connectivity index (χ0v) is 12.9. The molecule has 0 spiro atoms. The molecular formula is C16H16N2O3S. The summed E-state index contributed by atoms with van der Waals surface area (Å²) >= 11 is 1.58. The summed E-state index contributed by atoms with van der Waals surface area (Å²) < 4.78 is 0. The van der Waals surface area contributed by atoms with E-state index in [0.29, 0.717) is 12.2 Å². The van der Waals surface area contributed by atoms with Crippen LogP contribution in [0.15, 0.2) is 53.4 Å². The Hall–Kier alpha value is -2.34. The van der Waals surface area contributed by atoms with E-state index in [4.69, 9.17) is 0 Å². The molecule has 0 saturated heterocycles. The normalized spacial score (nSPS) is 10.2. The van der Waals surface area contributed by atoms with Crippen LogP contribution >= 0.6 is 11.8 Å². The van der Waals surface area contributed by atoms with Gasteiger partial charge in [0.25, 0.3) is 5.69 Å². The summed E-state index contributed by atoms with van der Waals surface area (Å²) in [6.45, 7) is 2.02. The molecule has 114 valence electrons. The summed E-state index contributed by atoms with van der Waals surface area (Å²) in [6.07, 6.45) is 0.296. The van der Waals surface area contributed by atoms with Gasteiger partial charge in [0, 0.05) is 23.1 Å². The molecule has 0 aliphatic heterocycles. The molecule has 0 atom stereocenters. The number of amides is 1. The molecular weight excluding hydrogens is 300 g/mol. The number of anilines is 1. The minimum atomic E-state index is -0.503. The van der Waals surface area contributed by atoms with Crippen molar-refractivity contribution in [1.82, 2.24) is 0 Å². The number of para-hydroxylation sites is 2. The van der Waals surface area contributed by atoms with Crippen LogP contribution in [-0.4, -0.2) is 16.6 Å². The van der Waals surface area contributed by atoms with Gasteiger partial charge < -0.3 is 5.32 Å². The Morgan fingerprint density at radius 3 is 2.55 bits per heavy atom. The number of carbonyl (C=O) groups is 1. The summed E-state index contributed by atoms with van der Waals surface area (Å²) in [7, 11) is 0. The first-order chi connectivity index (χ1) is 10.6. The molecule has 2 rings (SSSR count). The second-order valence-corrected chi connectivity index (χ2v) is 5.90. The van der Waals surface area contributed by atoms with Crippen LogP contribution in [0.25, 0.3) is 0 Å². The molecule has 0 radical (unpaired) electrons. The zero-order chi connectivity index (χ0) is 15.9. The molecule has 0 fully saturated rings. The highest BCUT2D eigenvalue weighted by atomic mass is 32.2. The Kier molecular flexibility index (Phi) is 5.55. The van der Waals surface area contributed by atoms with E-state index in [2.05, 4.69) is 5.32 Å². The van der Waals surface area contributed by atoms with E-state index in [1.807, 2.05) is 31.2 Å². The lowest BCUT2D eigenvalue weighted by atomic mass is 10.2. The average molecular weight is 316 g/mol. The number of nitro benzene ring substituents is 1. The fourth-order valence-electron chi connectivity index (χ4n) is 1.85. The Morgan fingerprint density at radius 1 is 1.18 bits per heavy atom. The highest BCUT2D eigenvalue weighted by Gasteiger charge is 2.14. The molecule has 0 unspecified atom stereocenters. The number of nitrogens with one attached hydrogen (secondary N) is 1. The third-order valence-corrected chi connectivity index (χ3v) is 4.01. The molecule has 0 aliphatic carbocycles. The van der Waals surface area contributed by atoms with Crippen molar-refractivity contribution in [2.45, 2.75) is 18.2 Å². The number of hydrogen-bond acceptors (Lipinski definition) is 4. The van der Waals surface area contributed by atoms with E-state index < -0.39 is 4.92 Å². The Balaban J connectivity index is 1.86. The van der Waals surface area contributed by atoms with Gasteiger partial charge in [-0.05, 0) is 25.1 Å². The second kappa shape index (κ2) is 7.61. The van der Waals surface area contributed by atoms with E-state index in [1.54, 1.807) is 23.9 Å². The average Bonchev–Trinajstić information content (AvgIpc) is 2.49. The van der Waals surface area contributed by atoms with Crippen LogP contribution in [-0.2, 0) is 4.79 Å². The van der Waals surface area contributed by atoms with Crippen LogP contribution < -0.4 is 5.32 Å². The number of thioether (sulfide) groups is 1. The molecule has 1 amide bonds. The van der Waals surface area contributed by atoms with Gasteiger partial charge >= 0.3 is 0 Å². The van der Waals surface area contributed by atoms with Gasteiger partial charge in [0.2, 0.25) is 5.91 Å². The van der Waals surface area contributed by atoms with Gasteiger partial charge in [0.15, 0.2) is 0 Å². The van der Waals surface area contributed by atoms with Crippen LogP contribution in [0.1, 0.15) is 12.0 Å². The summed E-state index contributed by atoms with van der Waals surface area (Å²) in [6, 6.07) is 14.2. The topological polar surface area (TPSA) is 72.2 Å². The summed E-state index contributed by atoms with van der Waals surface area (Å²) in [5.74, 6) is 0.393. The SMILES string of the molecule is Cc1ccc(SCCC(=O)Nc2ccccc2[N+](=O)[O-])cc1. The van der Waals surface area contributed by atoms with Crippen molar-refractivity contribution in [3.8, 4) is 0 Å². The monoisotopic (exact) mass is 316 g/mol. The summed E-state index contributed by atoms with van der Waals surface area (Å²) in [5.41, 5.74) is 1.33. The number of rotatable bonds is 6. The van der Waals surface area contributed by atoms with Crippen LogP contribution in [0, 0.1) is 17.0 Å². The van der Waals surface area contributed by atoms with Crippen molar-refractivity contribution in [2.24, 2.45) is 0 Å². The van der Waals surface area contributed by atoms with E-state index in [9.17, 15) is 14.9 Å². The van der Waals surface area contributed by atoms with Gasteiger partial charge in [-0.2, -0.15) is 0 Å². The molecule has 6 heteroatoms. The minimum Gasteiger partial charge on any atom is -0.320 e. The largest absolute Gasteiger partial charge is 0.320 e. The van der Waals surface area contributed by atoms with E-state index >= 15 is 0 Å². The fourth-order valence-corrected chi connectivity index (χ4v) is 2.70. The second-order valence-electron chi connectivity index (χ2n) is 4.73. The number of nitrogens with zero attached hydrogens (tertiary/aromatic N) is 1. The van der Waals surface area contributed by atoms with Crippen molar-refractivity contribution in [1.29, 1.82) is 0 Å². The minimum absolute atomic E-state index is 0.0953. The first-order valence-electron chi connectivity index (χ1n) is 6.79. The number of benzene rings is 2. The van der Waals surface area contributed by atoms with Crippen molar-refractivity contribution < 1.29 is 9.72 Å². The lowest BCUT2D eigenvalue weighted by Crippen LogP contribution is -2.13.